The predicted molar refractivity (Wildman–Crippen MR) is 75.9 cm³/mol. The Balaban J connectivity index is 0. The second kappa shape index (κ2) is 15.0. The van der Waals surface area contributed by atoms with Gasteiger partial charge in [-0.3, -0.25) is 0 Å². The van der Waals surface area contributed by atoms with Crippen molar-refractivity contribution in [1.29, 1.82) is 0 Å². The van der Waals surface area contributed by atoms with Gasteiger partial charge in [0.1, 0.15) is 5.75 Å². The molecule has 0 amide bonds. The van der Waals surface area contributed by atoms with Gasteiger partial charge >= 0.3 is 0 Å². The summed E-state index contributed by atoms with van der Waals surface area (Å²) in [7, 11) is 1.70. The number of rotatable bonds is 5. The van der Waals surface area contributed by atoms with Crippen LogP contribution >= 0.6 is 0 Å². The van der Waals surface area contributed by atoms with Crippen LogP contribution in [0.15, 0.2) is 24.3 Å². The summed E-state index contributed by atoms with van der Waals surface area (Å²) in [5, 5.41) is 0. The minimum absolute atomic E-state index is 0.719. The lowest BCUT2D eigenvalue weighted by Gasteiger charge is -2.05. The van der Waals surface area contributed by atoms with Crippen LogP contribution in [-0.2, 0) is 4.74 Å². The lowest BCUT2D eigenvalue weighted by Crippen LogP contribution is -2.00. The van der Waals surface area contributed by atoms with E-state index in [9.17, 15) is 0 Å². The number of methoxy groups -OCH3 is 1. The molecule has 1 rings (SSSR count). The summed E-state index contributed by atoms with van der Waals surface area (Å²) in [5.74, 6) is 0.932. The van der Waals surface area contributed by atoms with Crippen molar-refractivity contribution in [3.63, 3.8) is 0 Å². The summed E-state index contributed by atoms with van der Waals surface area (Å²) in [4.78, 5) is 0. The topological polar surface area (TPSA) is 18.5 Å². The Bertz CT molecular complexity index is 229. The zero-order valence-corrected chi connectivity index (χ0v) is 12.2. The molecule has 0 aliphatic carbocycles. The molecule has 0 N–H and O–H groups in total. The first-order valence-corrected chi connectivity index (χ1v) is 6.51. The fourth-order valence-corrected chi connectivity index (χ4v) is 1.03. The highest BCUT2D eigenvalue weighted by Gasteiger charge is 1.92. The van der Waals surface area contributed by atoms with Crippen LogP contribution in [0.4, 0.5) is 0 Å². The fraction of sp³-hybridized carbons (Fsp3) is 0.600. The van der Waals surface area contributed by atoms with E-state index < -0.39 is 0 Å². The zero-order chi connectivity index (χ0) is 13.5. The summed E-state index contributed by atoms with van der Waals surface area (Å²) in [6, 6.07) is 8.07. The van der Waals surface area contributed by atoms with Gasteiger partial charge in [-0.2, -0.15) is 0 Å². The molecule has 0 atom stereocenters. The first-order chi connectivity index (χ1) is 8.33. The predicted octanol–water partition coefficient (Wildman–Crippen LogP) is 4.46. The third-order valence-electron chi connectivity index (χ3n) is 1.78. The molecule has 0 fully saturated rings. The van der Waals surface area contributed by atoms with E-state index in [4.69, 9.17) is 9.47 Å². The maximum Gasteiger partial charge on any atom is 0.119 e. The van der Waals surface area contributed by atoms with Crippen molar-refractivity contribution in [2.45, 2.75) is 41.0 Å². The number of hydrogen-bond donors (Lipinski definition) is 0. The maximum atomic E-state index is 5.48. The minimum atomic E-state index is 0.719. The molecule has 2 nitrogen and oxygen atoms in total. The molecule has 0 saturated carbocycles. The molecular weight excluding hydrogens is 212 g/mol. The van der Waals surface area contributed by atoms with Crippen molar-refractivity contribution in [2.75, 3.05) is 20.3 Å². The second-order valence-electron chi connectivity index (χ2n) is 3.01. The van der Waals surface area contributed by atoms with Gasteiger partial charge in [0.2, 0.25) is 0 Å². The largest absolute Gasteiger partial charge is 0.494 e. The molecule has 0 saturated heterocycles. The van der Waals surface area contributed by atoms with Crippen molar-refractivity contribution < 1.29 is 9.47 Å². The Morgan fingerprint density at radius 2 is 1.41 bits per heavy atom. The molecule has 1 aromatic carbocycles. The molecule has 0 unspecified atom stereocenters. The van der Waals surface area contributed by atoms with E-state index in [1.165, 1.54) is 5.56 Å². The second-order valence-corrected chi connectivity index (χ2v) is 3.01. The van der Waals surface area contributed by atoms with Crippen molar-refractivity contribution in [1.82, 2.24) is 0 Å². The third kappa shape index (κ3) is 11.2. The third-order valence-corrected chi connectivity index (χ3v) is 1.78. The van der Waals surface area contributed by atoms with E-state index in [2.05, 4.69) is 6.92 Å². The number of hydrogen-bond acceptors (Lipinski definition) is 2. The van der Waals surface area contributed by atoms with Crippen LogP contribution in [0.5, 0.6) is 5.75 Å². The lowest BCUT2D eigenvalue weighted by molar-refractivity contribution is 0.172. The van der Waals surface area contributed by atoms with Gasteiger partial charge in [0.25, 0.3) is 0 Å². The normalized spacial score (nSPS) is 8.35. The number of ether oxygens (including phenoxy) is 2. The molecule has 0 heterocycles. The molecule has 0 bridgehead atoms. The van der Waals surface area contributed by atoms with Crippen LogP contribution in [0, 0.1) is 6.92 Å². The number of aryl methyl sites for hydroxylation is 1. The Morgan fingerprint density at radius 1 is 0.882 bits per heavy atom. The highest BCUT2D eigenvalue weighted by Crippen LogP contribution is 2.11. The van der Waals surface area contributed by atoms with E-state index in [1.807, 2.05) is 52.0 Å². The van der Waals surface area contributed by atoms with Gasteiger partial charge in [0, 0.05) is 20.1 Å². The van der Waals surface area contributed by atoms with E-state index in [0.717, 1.165) is 25.4 Å². The smallest absolute Gasteiger partial charge is 0.119 e. The van der Waals surface area contributed by atoms with Crippen LogP contribution in [0.1, 0.15) is 39.7 Å². The first kappa shape index (κ1) is 18.3. The van der Waals surface area contributed by atoms with Crippen LogP contribution in [0.2, 0.25) is 0 Å². The Labute approximate surface area is 107 Å². The van der Waals surface area contributed by atoms with Gasteiger partial charge in [0.05, 0.1) is 6.61 Å². The summed E-state index contributed by atoms with van der Waals surface area (Å²) < 4.78 is 10.4. The van der Waals surface area contributed by atoms with E-state index in [0.29, 0.717) is 0 Å². The van der Waals surface area contributed by atoms with Crippen LogP contribution in [0.25, 0.3) is 0 Å². The summed E-state index contributed by atoms with van der Waals surface area (Å²) >= 11 is 0. The molecule has 0 aliphatic heterocycles. The van der Waals surface area contributed by atoms with Gasteiger partial charge < -0.3 is 9.47 Å². The molecule has 17 heavy (non-hydrogen) atoms. The summed E-state index contributed by atoms with van der Waals surface area (Å²) in [6.45, 7) is 11.5. The molecule has 0 radical (unpaired) electrons. The first-order valence-electron chi connectivity index (χ1n) is 6.51. The van der Waals surface area contributed by atoms with Gasteiger partial charge in [-0.25, -0.2) is 0 Å². The molecule has 100 valence electrons. The van der Waals surface area contributed by atoms with Gasteiger partial charge in [-0.1, -0.05) is 45.4 Å². The Hall–Kier alpha value is -1.02. The Morgan fingerprint density at radius 3 is 1.88 bits per heavy atom. The highest BCUT2D eigenvalue weighted by atomic mass is 16.5. The van der Waals surface area contributed by atoms with Crippen molar-refractivity contribution in [3.05, 3.63) is 29.8 Å². The van der Waals surface area contributed by atoms with E-state index in [-0.39, 0.29) is 0 Å². The SMILES string of the molecule is CC.CC.COCCCOc1ccc(C)cc1. The van der Waals surface area contributed by atoms with Crippen LogP contribution in [0.3, 0.4) is 0 Å². The fourth-order valence-electron chi connectivity index (χ4n) is 1.03. The van der Waals surface area contributed by atoms with Crippen LogP contribution in [-0.4, -0.2) is 20.3 Å². The zero-order valence-electron chi connectivity index (χ0n) is 12.2. The summed E-state index contributed by atoms with van der Waals surface area (Å²) in [6.07, 6.45) is 0.935. The average Bonchev–Trinajstić information content (AvgIpc) is 2.41. The monoisotopic (exact) mass is 240 g/mol. The van der Waals surface area contributed by atoms with Gasteiger partial charge in [-0.15, -0.1) is 0 Å². The number of benzene rings is 1. The molecular formula is C15H28O2. The van der Waals surface area contributed by atoms with Gasteiger partial charge in [-0.05, 0) is 19.1 Å². The Kier molecular flexibility index (Phi) is 16.2. The van der Waals surface area contributed by atoms with Crippen molar-refractivity contribution in [3.8, 4) is 5.75 Å². The van der Waals surface area contributed by atoms with Gasteiger partial charge in [0.15, 0.2) is 0 Å². The molecule has 0 spiro atoms. The van der Waals surface area contributed by atoms with Crippen molar-refractivity contribution in [2.24, 2.45) is 0 Å². The average molecular weight is 240 g/mol. The molecule has 0 aliphatic rings. The quantitative estimate of drug-likeness (QED) is 0.707. The van der Waals surface area contributed by atoms with E-state index in [1.54, 1.807) is 7.11 Å². The molecule has 1 aromatic rings. The lowest BCUT2D eigenvalue weighted by atomic mass is 10.2. The summed E-state index contributed by atoms with van der Waals surface area (Å²) in [5.41, 5.74) is 1.25. The minimum Gasteiger partial charge on any atom is -0.494 e. The van der Waals surface area contributed by atoms with E-state index >= 15 is 0 Å². The molecule has 2 heteroatoms. The van der Waals surface area contributed by atoms with Crippen LogP contribution < -0.4 is 4.74 Å². The standard InChI is InChI=1S/C11H16O2.2C2H6/c1-10-4-6-11(7-5-10)13-9-3-8-12-2;2*1-2/h4-7H,3,8-9H2,1-2H3;2*1-2H3. The van der Waals surface area contributed by atoms with Crippen molar-refractivity contribution >= 4 is 0 Å². The maximum absolute atomic E-state index is 5.48. The molecule has 0 aromatic heterocycles. The highest BCUT2D eigenvalue weighted by molar-refractivity contribution is 5.26.